The molecule has 1 unspecified atom stereocenters. The summed E-state index contributed by atoms with van der Waals surface area (Å²) in [7, 11) is 0. The number of carbonyl (C=O) groups is 1. The SMILES string of the molecule is CC(NC(=O)C(F)(F)F)c1c(F)c2cccc(Cl)c2c(=O)n1-c1ccccc1. The van der Waals surface area contributed by atoms with Crippen molar-refractivity contribution in [3.63, 3.8) is 0 Å². The Morgan fingerprint density at radius 3 is 2.36 bits per heavy atom. The normalized spacial score (nSPS) is 12.8. The third kappa shape index (κ3) is 3.47. The average molecular weight is 413 g/mol. The maximum Gasteiger partial charge on any atom is 0.471 e. The van der Waals surface area contributed by atoms with E-state index in [0.717, 1.165) is 11.5 Å². The molecular formula is C19H13ClF4N2O2. The molecule has 0 aliphatic rings. The first-order valence-electron chi connectivity index (χ1n) is 8.08. The number of alkyl halides is 3. The molecule has 3 rings (SSSR count). The van der Waals surface area contributed by atoms with Crippen LogP contribution in [0.5, 0.6) is 0 Å². The molecule has 1 N–H and O–H groups in total. The zero-order valence-electron chi connectivity index (χ0n) is 14.3. The van der Waals surface area contributed by atoms with Gasteiger partial charge in [0.2, 0.25) is 0 Å². The molecule has 0 spiro atoms. The lowest BCUT2D eigenvalue weighted by molar-refractivity contribution is -0.174. The highest BCUT2D eigenvalue weighted by molar-refractivity contribution is 6.35. The van der Waals surface area contributed by atoms with Crippen molar-refractivity contribution in [3.8, 4) is 5.69 Å². The van der Waals surface area contributed by atoms with Crippen molar-refractivity contribution in [1.29, 1.82) is 0 Å². The van der Waals surface area contributed by atoms with E-state index in [9.17, 15) is 22.8 Å². The molecule has 0 aliphatic carbocycles. The molecule has 0 saturated heterocycles. The highest BCUT2D eigenvalue weighted by atomic mass is 35.5. The summed E-state index contributed by atoms with van der Waals surface area (Å²) in [4.78, 5) is 24.4. The molecule has 0 radical (unpaired) electrons. The first-order valence-corrected chi connectivity index (χ1v) is 8.46. The van der Waals surface area contributed by atoms with E-state index in [4.69, 9.17) is 11.6 Å². The first-order chi connectivity index (χ1) is 13.1. The van der Waals surface area contributed by atoms with E-state index in [0.29, 0.717) is 0 Å². The first kappa shape index (κ1) is 19.9. The Kier molecular flexibility index (Phi) is 5.16. The number of aromatic nitrogens is 1. The maximum atomic E-state index is 15.3. The van der Waals surface area contributed by atoms with Crippen LogP contribution in [0.4, 0.5) is 17.6 Å². The van der Waals surface area contributed by atoms with E-state index >= 15 is 4.39 Å². The molecular weight excluding hydrogens is 400 g/mol. The number of halogens is 5. The van der Waals surface area contributed by atoms with Gasteiger partial charge in [-0.1, -0.05) is 41.9 Å². The Bertz CT molecular complexity index is 1110. The molecule has 0 aliphatic heterocycles. The summed E-state index contributed by atoms with van der Waals surface area (Å²) in [5.41, 5.74) is -0.906. The van der Waals surface area contributed by atoms with Gasteiger partial charge in [0.15, 0.2) is 5.82 Å². The van der Waals surface area contributed by atoms with Crippen LogP contribution in [0.15, 0.2) is 53.3 Å². The quantitative estimate of drug-likeness (QED) is 0.643. The molecule has 0 saturated carbocycles. The molecule has 9 heteroatoms. The van der Waals surface area contributed by atoms with Gasteiger partial charge in [0.25, 0.3) is 5.56 Å². The van der Waals surface area contributed by atoms with Crippen molar-refractivity contribution in [2.75, 3.05) is 0 Å². The van der Waals surface area contributed by atoms with E-state index in [1.807, 2.05) is 0 Å². The van der Waals surface area contributed by atoms with Crippen LogP contribution in [0.2, 0.25) is 5.02 Å². The van der Waals surface area contributed by atoms with Gasteiger partial charge in [0.1, 0.15) is 0 Å². The Labute approximate surface area is 161 Å². The zero-order chi connectivity index (χ0) is 20.6. The number of hydrogen-bond acceptors (Lipinski definition) is 2. The number of nitrogens with zero attached hydrogens (tertiary/aromatic N) is 1. The highest BCUT2D eigenvalue weighted by Gasteiger charge is 2.40. The number of carbonyl (C=O) groups excluding carboxylic acids is 1. The molecule has 0 fully saturated rings. The van der Waals surface area contributed by atoms with Crippen molar-refractivity contribution in [2.45, 2.75) is 19.1 Å². The number of hydrogen-bond donors (Lipinski definition) is 1. The molecule has 1 amide bonds. The van der Waals surface area contributed by atoms with Crippen LogP contribution in [0.1, 0.15) is 18.7 Å². The number of para-hydroxylation sites is 1. The lowest BCUT2D eigenvalue weighted by Crippen LogP contribution is -2.40. The van der Waals surface area contributed by atoms with Gasteiger partial charge in [-0.3, -0.25) is 14.2 Å². The fourth-order valence-corrected chi connectivity index (χ4v) is 3.20. The number of pyridine rings is 1. The summed E-state index contributed by atoms with van der Waals surface area (Å²) in [5, 5.41) is 1.45. The number of rotatable bonds is 3. The Balaban J connectivity index is 2.33. The van der Waals surface area contributed by atoms with Gasteiger partial charge in [-0.05, 0) is 25.1 Å². The average Bonchev–Trinajstić information content (AvgIpc) is 2.64. The van der Waals surface area contributed by atoms with Crippen molar-refractivity contribution in [3.05, 3.63) is 75.4 Å². The second-order valence-electron chi connectivity index (χ2n) is 6.03. The Morgan fingerprint density at radius 2 is 1.75 bits per heavy atom. The summed E-state index contributed by atoms with van der Waals surface area (Å²) in [6, 6.07) is 10.5. The van der Waals surface area contributed by atoms with E-state index < -0.39 is 35.2 Å². The molecule has 1 atom stereocenters. The lowest BCUT2D eigenvalue weighted by atomic mass is 10.1. The topological polar surface area (TPSA) is 51.1 Å². The molecule has 1 aromatic heterocycles. The minimum absolute atomic E-state index is 0.00427. The largest absolute Gasteiger partial charge is 0.471 e. The van der Waals surface area contributed by atoms with Crippen LogP contribution >= 0.6 is 11.6 Å². The van der Waals surface area contributed by atoms with Gasteiger partial charge in [-0.15, -0.1) is 0 Å². The number of fused-ring (bicyclic) bond motifs is 1. The minimum atomic E-state index is -5.15. The van der Waals surface area contributed by atoms with Gasteiger partial charge < -0.3 is 5.32 Å². The zero-order valence-corrected chi connectivity index (χ0v) is 15.1. The van der Waals surface area contributed by atoms with Crippen LogP contribution in [0, 0.1) is 5.82 Å². The van der Waals surface area contributed by atoms with E-state index in [-0.39, 0.29) is 21.5 Å². The monoisotopic (exact) mass is 412 g/mol. The van der Waals surface area contributed by atoms with Gasteiger partial charge in [-0.2, -0.15) is 13.2 Å². The Hall–Kier alpha value is -2.87. The fourth-order valence-electron chi connectivity index (χ4n) is 2.95. The van der Waals surface area contributed by atoms with Crippen LogP contribution < -0.4 is 10.9 Å². The van der Waals surface area contributed by atoms with Crippen molar-refractivity contribution < 1.29 is 22.4 Å². The number of nitrogens with one attached hydrogen (secondary N) is 1. The highest BCUT2D eigenvalue weighted by Crippen LogP contribution is 2.29. The second kappa shape index (κ2) is 7.27. The van der Waals surface area contributed by atoms with Crippen LogP contribution in [-0.2, 0) is 4.79 Å². The summed E-state index contributed by atoms with van der Waals surface area (Å²) >= 11 is 6.07. The minimum Gasteiger partial charge on any atom is -0.340 e. The Morgan fingerprint density at radius 1 is 1.11 bits per heavy atom. The van der Waals surface area contributed by atoms with Crippen molar-refractivity contribution in [1.82, 2.24) is 9.88 Å². The molecule has 4 nitrogen and oxygen atoms in total. The van der Waals surface area contributed by atoms with Crippen LogP contribution in [0.3, 0.4) is 0 Å². The van der Waals surface area contributed by atoms with E-state index in [1.165, 1.54) is 30.3 Å². The predicted molar refractivity (Wildman–Crippen MR) is 97.1 cm³/mol. The van der Waals surface area contributed by atoms with Crippen LogP contribution in [-0.4, -0.2) is 16.7 Å². The third-order valence-corrected chi connectivity index (χ3v) is 4.48. The number of benzene rings is 2. The van der Waals surface area contributed by atoms with E-state index in [2.05, 4.69) is 0 Å². The second-order valence-corrected chi connectivity index (χ2v) is 6.44. The lowest BCUT2D eigenvalue weighted by Gasteiger charge is -2.22. The van der Waals surface area contributed by atoms with Gasteiger partial charge in [-0.25, -0.2) is 4.39 Å². The molecule has 2 aromatic carbocycles. The van der Waals surface area contributed by atoms with Gasteiger partial charge in [0.05, 0.1) is 22.1 Å². The van der Waals surface area contributed by atoms with E-state index in [1.54, 1.807) is 23.5 Å². The molecule has 146 valence electrons. The molecule has 3 aromatic rings. The number of amides is 1. The van der Waals surface area contributed by atoms with Gasteiger partial charge in [0, 0.05) is 11.1 Å². The van der Waals surface area contributed by atoms with Gasteiger partial charge >= 0.3 is 12.1 Å². The third-order valence-electron chi connectivity index (χ3n) is 4.16. The summed E-state index contributed by atoms with van der Waals surface area (Å²) < 4.78 is 54.2. The standard InChI is InChI=1S/C19H13ClF4N2O2/c1-10(25-18(28)19(22,23)24)16-15(21)12-8-5-9-13(20)14(12)17(27)26(16)11-6-3-2-4-7-11/h2-10H,1H3,(H,25,28). The van der Waals surface area contributed by atoms with Crippen molar-refractivity contribution >= 4 is 28.3 Å². The molecule has 0 bridgehead atoms. The summed E-state index contributed by atoms with van der Waals surface area (Å²) in [5.74, 6) is -3.19. The predicted octanol–water partition coefficient (Wildman–Crippen LogP) is 4.52. The van der Waals surface area contributed by atoms with Crippen molar-refractivity contribution in [2.24, 2.45) is 0 Å². The molecule has 1 heterocycles. The van der Waals surface area contributed by atoms with Crippen LogP contribution in [0.25, 0.3) is 16.5 Å². The smallest absolute Gasteiger partial charge is 0.340 e. The fraction of sp³-hybridized carbons (Fsp3) is 0.158. The molecule has 28 heavy (non-hydrogen) atoms. The maximum absolute atomic E-state index is 15.3. The summed E-state index contributed by atoms with van der Waals surface area (Å²) in [6.45, 7) is 1.16. The summed E-state index contributed by atoms with van der Waals surface area (Å²) in [6.07, 6.45) is -5.15.